The summed E-state index contributed by atoms with van der Waals surface area (Å²) in [5, 5.41) is 10.4. The van der Waals surface area contributed by atoms with E-state index in [0.29, 0.717) is 11.3 Å². The number of aryl methyl sites for hydroxylation is 1. The lowest BCUT2D eigenvalue weighted by Crippen LogP contribution is -2.33. The summed E-state index contributed by atoms with van der Waals surface area (Å²) in [4.78, 5) is 36.1. The molecular weight excluding hydrogens is 535 g/mol. The van der Waals surface area contributed by atoms with Crippen LogP contribution in [0.2, 0.25) is 0 Å². The van der Waals surface area contributed by atoms with Gasteiger partial charge in [-0.1, -0.05) is 52.4 Å². The third kappa shape index (κ3) is 11.6. The number of ether oxygens (including phenoxy) is 2. The zero-order chi connectivity index (χ0) is 28.1. The predicted octanol–water partition coefficient (Wildman–Crippen LogP) is 3.90. The van der Waals surface area contributed by atoms with E-state index in [4.69, 9.17) is 18.5 Å². The van der Waals surface area contributed by atoms with E-state index in [0.717, 1.165) is 18.6 Å². The number of nitrogens with one attached hydrogen (secondary N) is 1. The number of aliphatic hydroxyl groups excluding tert-OH is 1. The maximum atomic E-state index is 12.5. The molecule has 1 aromatic heterocycles. The molecule has 3 N–H and O–H groups in total. The molecule has 0 spiro atoms. The Kier molecular flexibility index (Phi) is 14.8. The van der Waals surface area contributed by atoms with Crippen molar-refractivity contribution in [3.05, 3.63) is 32.6 Å². The Morgan fingerprint density at radius 3 is 2.63 bits per heavy atom. The van der Waals surface area contributed by atoms with Crippen molar-refractivity contribution in [2.45, 2.75) is 110 Å². The van der Waals surface area contributed by atoms with E-state index in [-0.39, 0.29) is 25.2 Å². The second kappa shape index (κ2) is 17.0. The van der Waals surface area contributed by atoms with E-state index in [1.807, 2.05) is 13.8 Å². The quantitative estimate of drug-likeness (QED) is 0.162. The molecule has 1 aromatic rings. The van der Waals surface area contributed by atoms with Crippen LogP contribution < -0.4 is 11.2 Å². The van der Waals surface area contributed by atoms with Gasteiger partial charge in [0, 0.05) is 23.9 Å². The predicted molar refractivity (Wildman–Crippen MR) is 148 cm³/mol. The number of thioether (sulfide) groups is 1. The molecule has 0 bridgehead atoms. The summed E-state index contributed by atoms with van der Waals surface area (Å²) >= 11 is 1.66. The second-order valence-corrected chi connectivity index (χ2v) is 12.5. The summed E-state index contributed by atoms with van der Waals surface area (Å²) in [5.74, 6) is 1.51. The van der Waals surface area contributed by atoms with Gasteiger partial charge in [-0.15, -0.1) is 0 Å². The van der Waals surface area contributed by atoms with Crippen LogP contribution in [-0.2, 0) is 23.1 Å². The van der Waals surface area contributed by atoms with Crippen LogP contribution in [0.5, 0.6) is 0 Å². The van der Waals surface area contributed by atoms with E-state index in [9.17, 15) is 24.2 Å². The molecule has 13 heteroatoms. The fraction of sp³-hybridized carbons (Fsp3) is 0.840. The molecule has 0 saturated carbocycles. The van der Waals surface area contributed by atoms with Gasteiger partial charge >= 0.3 is 13.5 Å². The van der Waals surface area contributed by atoms with E-state index in [2.05, 4.69) is 11.9 Å². The van der Waals surface area contributed by atoms with Gasteiger partial charge < -0.3 is 19.5 Å². The lowest BCUT2D eigenvalue weighted by molar-refractivity contribution is -0.0515. The molecule has 0 amide bonds. The lowest BCUT2D eigenvalue weighted by atomic mass is 10.1. The summed E-state index contributed by atoms with van der Waals surface area (Å²) in [6.45, 7) is 7.27. The van der Waals surface area contributed by atoms with Crippen LogP contribution in [0.3, 0.4) is 0 Å². The van der Waals surface area contributed by atoms with E-state index in [1.165, 1.54) is 42.9 Å². The summed E-state index contributed by atoms with van der Waals surface area (Å²) in [6.07, 6.45) is 6.34. The number of aliphatic hydroxyl groups is 1. The number of nitrogens with zero attached hydrogens (tertiary/aromatic N) is 1. The monoisotopic (exact) mass is 580 g/mol. The second-order valence-electron chi connectivity index (χ2n) is 9.76. The van der Waals surface area contributed by atoms with Crippen LogP contribution in [0.4, 0.5) is 0 Å². The normalized spacial score (nSPS) is 22.8. The topological polar surface area (TPSA) is 149 Å². The van der Waals surface area contributed by atoms with Crippen LogP contribution in [-0.4, -0.2) is 68.7 Å². The van der Waals surface area contributed by atoms with E-state index in [1.54, 1.807) is 18.7 Å². The Morgan fingerprint density at radius 1 is 1.21 bits per heavy atom. The van der Waals surface area contributed by atoms with Crippen molar-refractivity contribution in [1.82, 2.24) is 9.55 Å². The molecule has 0 radical (unpaired) electrons. The number of phosphoric acid groups is 1. The van der Waals surface area contributed by atoms with Crippen molar-refractivity contribution in [3.63, 3.8) is 0 Å². The minimum absolute atomic E-state index is 0.00478. The number of unbranched alkanes of at least 4 members (excludes halogenated alkanes) is 5. The Labute approximate surface area is 229 Å². The molecular formula is C25H45N2O9PS. The van der Waals surface area contributed by atoms with Crippen LogP contribution >= 0.6 is 19.6 Å². The largest absolute Gasteiger partial charge is 0.472 e. The standard InChI is InChI=1S/C25H45N2O9PS/c1-5-7-8-9-10-11-12-19(4)35-20(17-38-6-2)15-33-37(31,32)34-16-22-21(28)13-23(36-22)27-14-18(3)24(29)26-25(27)30/h14,19-23,28H,5-13,15-17H2,1-4H3,(H,31,32)(H,26,29,30). The number of hydrogen-bond donors (Lipinski definition) is 3. The number of H-pyrrole nitrogens is 1. The van der Waals surface area contributed by atoms with Gasteiger partial charge in [0.05, 0.1) is 31.5 Å². The highest BCUT2D eigenvalue weighted by Gasteiger charge is 2.38. The number of aromatic amines is 1. The first-order valence-electron chi connectivity index (χ1n) is 13.6. The smallest absolute Gasteiger partial charge is 0.390 e. The van der Waals surface area contributed by atoms with Crippen LogP contribution in [0.25, 0.3) is 0 Å². The Bertz CT molecular complexity index is 988. The van der Waals surface area contributed by atoms with Crippen molar-refractivity contribution in [3.8, 4) is 0 Å². The van der Waals surface area contributed by atoms with Gasteiger partial charge in [-0.3, -0.25) is 23.4 Å². The molecule has 2 heterocycles. The van der Waals surface area contributed by atoms with Gasteiger partial charge in [-0.05, 0) is 26.0 Å². The minimum Gasteiger partial charge on any atom is -0.390 e. The summed E-state index contributed by atoms with van der Waals surface area (Å²) < 4.78 is 35.8. The summed E-state index contributed by atoms with van der Waals surface area (Å²) in [6, 6.07) is 0. The van der Waals surface area contributed by atoms with Crippen LogP contribution in [0.15, 0.2) is 15.8 Å². The lowest BCUT2D eigenvalue weighted by Gasteiger charge is -2.24. The van der Waals surface area contributed by atoms with Crippen LogP contribution in [0.1, 0.15) is 83.9 Å². The van der Waals surface area contributed by atoms with Gasteiger partial charge in [0.15, 0.2) is 0 Å². The van der Waals surface area contributed by atoms with Crippen molar-refractivity contribution in [1.29, 1.82) is 0 Å². The fourth-order valence-corrected chi connectivity index (χ4v) is 5.64. The maximum Gasteiger partial charge on any atom is 0.472 e. The molecule has 0 aromatic carbocycles. The highest BCUT2D eigenvalue weighted by atomic mass is 32.2. The molecule has 1 aliphatic heterocycles. The average Bonchev–Trinajstić information content (AvgIpc) is 3.24. The SMILES string of the molecule is CCCCCCCCC(C)OC(COP(=O)(O)OCC1OC(n2cc(C)c(=O)[nH]c2=O)CC1O)CSCC. The Hall–Kier alpha value is -0.980. The molecule has 11 nitrogen and oxygen atoms in total. The zero-order valence-electron chi connectivity index (χ0n) is 23.0. The van der Waals surface area contributed by atoms with Crippen LogP contribution in [0, 0.1) is 6.92 Å². The van der Waals surface area contributed by atoms with Crippen molar-refractivity contribution in [2.24, 2.45) is 0 Å². The fourth-order valence-electron chi connectivity index (χ4n) is 4.20. The molecule has 0 aliphatic carbocycles. The number of rotatable bonds is 19. The first kappa shape index (κ1) is 33.2. The molecule has 220 valence electrons. The molecule has 6 unspecified atom stereocenters. The molecule has 1 fully saturated rings. The highest BCUT2D eigenvalue weighted by Crippen LogP contribution is 2.44. The number of phosphoric ester groups is 1. The summed E-state index contributed by atoms with van der Waals surface area (Å²) in [7, 11) is -4.45. The molecule has 6 atom stereocenters. The summed E-state index contributed by atoms with van der Waals surface area (Å²) in [5.41, 5.74) is -0.855. The third-order valence-corrected chi connectivity index (χ3v) is 8.35. The molecule has 1 aliphatic rings. The molecule has 1 saturated heterocycles. The zero-order valence-corrected chi connectivity index (χ0v) is 24.7. The van der Waals surface area contributed by atoms with Gasteiger partial charge in [0.25, 0.3) is 5.56 Å². The van der Waals surface area contributed by atoms with Gasteiger partial charge in [-0.25, -0.2) is 9.36 Å². The van der Waals surface area contributed by atoms with E-state index >= 15 is 0 Å². The van der Waals surface area contributed by atoms with Crippen molar-refractivity contribution in [2.75, 3.05) is 24.7 Å². The van der Waals surface area contributed by atoms with Crippen molar-refractivity contribution >= 4 is 19.6 Å². The van der Waals surface area contributed by atoms with Gasteiger partial charge in [-0.2, -0.15) is 11.8 Å². The first-order chi connectivity index (χ1) is 18.1. The van der Waals surface area contributed by atoms with Gasteiger partial charge in [0.1, 0.15) is 12.3 Å². The molecule has 2 rings (SSSR count). The molecule has 38 heavy (non-hydrogen) atoms. The highest BCUT2D eigenvalue weighted by molar-refractivity contribution is 7.99. The minimum atomic E-state index is -4.45. The first-order valence-corrected chi connectivity index (χ1v) is 16.2. The average molecular weight is 581 g/mol. The number of hydrogen-bond acceptors (Lipinski definition) is 9. The van der Waals surface area contributed by atoms with E-state index < -0.39 is 44.1 Å². The van der Waals surface area contributed by atoms with Crippen molar-refractivity contribution < 1.29 is 33.1 Å². The third-order valence-electron chi connectivity index (χ3n) is 6.38. The Balaban J connectivity index is 1.82. The van der Waals surface area contributed by atoms with Gasteiger partial charge in [0.2, 0.25) is 0 Å². The maximum absolute atomic E-state index is 12.5. The Morgan fingerprint density at radius 2 is 1.92 bits per heavy atom. The number of aromatic nitrogens is 2.